The van der Waals surface area contributed by atoms with E-state index in [1.54, 1.807) is 0 Å². The van der Waals surface area contributed by atoms with E-state index in [1.807, 2.05) is 6.08 Å². The van der Waals surface area contributed by atoms with Gasteiger partial charge in [-0.15, -0.1) is 0 Å². The molecule has 2 atom stereocenters. The molecule has 4 heteroatoms. The lowest BCUT2D eigenvalue weighted by atomic mass is 10.2. The van der Waals surface area contributed by atoms with Gasteiger partial charge in [0.2, 0.25) is 0 Å². The van der Waals surface area contributed by atoms with Crippen LogP contribution in [-0.2, 0) is 14.3 Å². The molecule has 16 heavy (non-hydrogen) atoms. The molecule has 0 unspecified atom stereocenters. The van der Waals surface area contributed by atoms with Crippen LogP contribution >= 0.6 is 0 Å². The predicted octanol–water partition coefficient (Wildman–Crippen LogP) is 2.53. The van der Waals surface area contributed by atoms with Crippen LogP contribution in [0.4, 0.5) is 0 Å². The zero-order chi connectivity index (χ0) is 12.6. The van der Waals surface area contributed by atoms with Crippen molar-refractivity contribution in [3.05, 3.63) is 12.2 Å². The summed E-state index contributed by atoms with van der Waals surface area (Å²) < 4.78 is 10.2. The minimum atomic E-state index is -1.44. The van der Waals surface area contributed by atoms with Crippen LogP contribution in [0.3, 0.4) is 0 Å². The second-order valence-corrected chi connectivity index (χ2v) is 11.4. The smallest absolute Gasteiger partial charge is 0.330 e. The largest absolute Gasteiger partial charge is 0.466 e. The third-order valence-electron chi connectivity index (χ3n) is 3.79. The van der Waals surface area contributed by atoms with E-state index in [9.17, 15) is 4.79 Å². The van der Waals surface area contributed by atoms with Gasteiger partial charge in [-0.1, -0.05) is 33.9 Å². The first kappa shape index (κ1) is 13.5. The Morgan fingerprint density at radius 2 is 1.94 bits per heavy atom. The second kappa shape index (κ2) is 4.34. The topological polar surface area (TPSA) is 38.8 Å². The Morgan fingerprint density at radius 1 is 1.38 bits per heavy atom. The van der Waals surface area contributed by atoms with Crippen molar-refractivity contribution in [2.75, 3.05) is 7.11 Å². The van der Waals surface area contributed by atoms with Gasteiger partial charge < -0.3 is 9.47 Å². The van der Waals surface area contributed by atoms with Gasteiger partial charge in [-0.2, -0.15) is 0 Å². The van der Waals surface area contributed by atoms with Crippen LogP contribution in [0.1, 0.15) is 20.8 Å². The summed E-state index contributed by atoms with van der Waals surface area (Å²) in [7, 11) is -0.0613. The van der Waals surface area contributed by atoms with Crippen LogP contribution in [0, 0.1) is 0 Å². The van der Waals surface area contributed by atoms with E-state index >= 15 is 0 Å². The minimum Gasteiger partial charge on any atom is -0.466 e. The maximum Gasteiger partial charge on any atom is 0.330 e. The van der Waals surface area contributed by atoms with E-state index < -0.39 is 8.07 Å². The Labute approximate surface area is 98.8 Å². The van der Waals surface area contributed by atoms with E-state index in [0.717, 1.165) is 0 Å². The van der Waals surface area contributed by atoms with Crippen molar-refractivity contribution in [1.82, 2.24) is 0 Å². The zero-order valence-corrected chi connectivity index (χ0v) is 12.0. The average molecular weight is 242 g/mol. The first-order valence-electron chi connectivity index (χ1n) is 5.62. The Morgan fingerprint density at radius 3 is 2.38 bits per heavy atom. The number of rotatable bonds is 3. The van der Waals surface area contributed by atoms with Gasteiger partial charge in [-0.05, 0) is 11.1 Å². The minimum absolute atomic E-state index is 0.111. The van der Waals surface area contributed by atoms with Crippen molar-refractivity contribution in [3.63, 3.8) is 0 Å². The normalized spacial score (nSPS) is 25.9. The van der Waals surface area contributed by atoms with Gasteiger partial charge in [0.25, 0.3) is 0 Å². The van der Waals surface area contributed by atoms with Crippen LogP contribution < -0.4 is 0 Å². The molecule has 0 saturated carbocycles. The van der Waals surface area contributed by atoms with Gasteiger partial charge in [0.05, 0.1) is 27.0 Å². The molecule has 0 N–H and O–H groups in total. The molecule has 92 valence electrons. The van der Waals surface area contributed by atoms with Crippen LogP contribution in [0.2, 0.25) is 18.1 Å². The molecule has 0 aromatic rings. The number of carbonyl (C=O) groups excluding carboxylic acids is 1. The lowest BCUT2D eigenvalue weighted by molar-refractivity contribution is -0.134. The molecule has 1 heterocycles. The number of methoxy groups -OCH3 is 1. The summed E-state index contributed by atoms with van der Waals surface area (Å²) in [5, 5.41) is 0.311. The highest BCUT2D eigenvalue weighted by atomic mass is 28.3. The molecule has 0 aromatic heterocycles. The van der Waals surface area contributed by atoms with Crippen molar-refractivity contribution < 1.29 is 14.3 Å². The molecular formula is C12H22O3Si. The van der Waals surface area contributed by atoms with Crippen molar-refractivity contribution in [2.24, 2.45) is 0 Å². The number of epoxide rings is 1. The van der Waals surface area contributed by atoms with E-state index in [1.165, 1.54) is 13.2 Å². The quantitative estimate of drug-likeness (QED) is 0.330. The van der Waals surface area contributed by atoms with Crippen LogP contribution in [-0.4, -0.2) is 33.0 Å². The molecule has 0 amide bonds. The average Bonchev–Trinajstić information content (AvgIpc) is 2.92. The maximum absolute atomic E-state index is 10.9. The van der Waals surface area contributed by atoms with E-state index in [-0.39, 0.29) is 12.1 Å². The summed E-state index contributed by atoms with van der Waals surface area (Å²) in [4.78, 5) is 10.9. The molecule has 0 bridgehead atoms. The molecule has 1 rings (SSSR count). The second-order valence-electron chi connectivity index (χ2n) is 5.88. The molecule has 1 aliphatic heterocycles. The third kappa shape index (κ3) is 2.74. The number of hydrogen-bond donors (Lipinski definition) is 0. The Kier molecular flexibility index (Phi) is 3.64. The van der Waals surface area contributed by atoms with Crippen molar-refractivity contribution >= 4 is 14.0 Å². The van der Waals surface area contributed by atoms with Gasteiger partial charge >= 0.3 is 5.97 Å². The van der Waals surface area contributed by atoms with Crippen molar-refractivity contribution in [3.8, 4) is 0 Å². The summed E-state index contributed by atoms with van der Waals surface area (Å²) in [6.45, 7) is 11.5. The number of esters is 1. The summed E-state index contributed by atoms with van der Waals surface area (Å²) >= 11 is 0. The fourth-order valence-corrected chi connectivity index (χ4v) is 3.80. The lowest BCUT2D eigenvalue weighted by Crippen LogP contribution is -2.44. The van der Waals surface area contributed by atoms with Crippen molar-refractivity contribution in [2.45, 2.75) is 50.7 Å². The Bertz CT molecular complexity index is 302. The highest BCUT2D eigenvalue weighted by Gasteiger charge is 2.54. The first-order chi connectivity index (χ1) is 7.20. The summed E-state index contributed by atoms with van der Waals surface area (Å²) in [5.74, 6) is -0.315. The van der Waals surface area contributed by atoms with Crippen molar-refractivity contribution in [1.29, 1.82) is 0 Å². The Balaban J connectivity index is 2.57. The SMILES string of the molecule is COC(=O)/C=C/[C@H]1O[C@H]1[Si](C)(C)C(C)(C)C. The summed E-state index contributed by atoms with van der Waals surface area (Å²) in [6, 6.07) is 0. The van der Waals surface area contributed by atoms with Crippen LogP contribution in [0.25, 0.3) is 0 Å². The molecule has 0 aromatic carbocycles. The van der Waals surface area contributed by atoms with Gasteiger partial charge in [-0.25, -0.2) is 4.79 Å². The Hall–Kier alpha value is -0.613. The van der Waals surface area contributed by atoms with Crippen LogP contribution in [0.5, 0.6) is 0 Å². The highest BCUT2D eigenvalue weighted by Crippen LogP contribution is 2.46. The standard InChI is InChI=1S/C12H22O3Si/c1-12(2,3)16(5,6)11-9(15-11)7-8-10(13)14-4/h7-9,11H,1-6H3/b8-7+/t9-,11+/m1/s1. The fourth-order valence-electron chi connectivity index (χ4n) is 1.52. The number of ether oxygens (including phenoxy) is 2. The van der Waals surface area contributed by atoms with E-state index in [2.05, 4.69) is 38.6 Å². The monoisotopic (exact) mass is 242 g/mol. The lowest BCUT2D eigenvalue weighted by Gasteiger charge is -2.35. The predicted molar refractivity (Wildman–Crippen MR) is 67.0 cm³/mol. The summed E-state index contributed by atoms with van der Waals surface area (Å²) in [6.07, 6.45) is 3.38. The van der Waals surface area contributed by atoms with E-state index in [4.69, 9.17) is 4.74 Å². The third-order valence-corrected chi connectivity index (χ3v) is 9.55. The molecule has 1 saturated heterocycles. The summed E-state index contributed by atoms with van der Waals surface area (Å²) in [5.41, 5.74) is 0.327. The highest BCUT2D eigenvalue weighted by molar-refractivity contribution is 6.82. The van der Waals surface area contributed by atoms with Gasteiger partial charge in [0.1, 0.15) is 0 Å². The molecule has 0 spiro atoms. The number of carbonyl (C=O) groups is 1. The molecular weight excluding hydrogens is 220 g/mol. The molecule has 3 nitrogen and oxygen atoms in total. The molecule has 0 radical (unpaired) electrons. The number of hydrogen-bond acceptors (Lipinski definition) is 3. The van der Waals surface area contributed by atoms with Gasteiger partial charge in [0, 0.05) is 6.08 Å². The molecule has 1 aliphatic rings. The first-order valence-corrected chi connectivity index (χ1v) is 8.69. The van der Waals surface area contributed by atoms with Gasteiger partial charge in [-0.3, -0.25) is 0 Å². The van der Waals surface area contributed by atoms with E-state index in [0.29, 0.717) is 10.8 Å². The zero-order valence-electron chi connectivity index (χ0n) is 11.0. The van der Waals surface area contributed by atoms with Crippen LogP contribution in [0.15, 0.2) is 12.2 Å². The maximum atomic E-state index is 10.9. The fraction of sp³-hybridized carbons (Fsp3) is 0.750. The molecule has 1 fully saturated rings. The van der Waals surface area contributed by atoms with Gasteiger partial charge in [0.15, 0.2) is 0 Å². The molecule has 0 aliphatic carbocycles.